The third kappa shape index (κ3) is 5.77. The molecule has 1 unspecified atom stereocenters. The van der Waals surface area contributed by atoms with Crippen molar-refractivity contribution >= 4 is 23.7 Å². The van der Waals surface area contributed by atoms with Crippen LogP contribution in [0.4, 0.5) is 5.95 Å². The summed E-state index contributed by atoms with van der Waals surface area (Å²) in [6.07, 6.45) is 0. The van der Waals surface area contributed by atoms with Crippen molar-refractivity contribution in [1.29, 1.82) is 0 Å². The van der Waals surface area contributed by atoms with Crippen molar-refractivity contribution in [2.24, 2.45) is 12.0 Å². The van der Waals surface area contributed by atoms with Gasteiger partial charge in [0.2, 0.25) is 5.96 Å². The molecule has 1 atom stereocenters. The lowest BCUT2D eigenvalue weighted by molar-refractivity contribution is -0.137. The van der Waals surface area contributed by atoms with E-state index in [-0.39, 0.29) is 18.2 Å². The predicted molar refractivity (Wildman–Crippen MR) is 135 cm³/mol. The van der Waals surface area contributed by atoms with E-state index in [2.05, 4.69) is 10.1 Å². The van der Waals surface area contributed by atoms with Gasteiger partial charge in [-0.15, -0.1) is 0 Å². The number of ketones is 1. The average Bonchev–Trinajstić information content (AvgIpc) is 3.27. The van der Waals surface area contributed by atoms with Gasteiger partial charge in [0.25, 0.3) is 5.95 Å². The number of aliphatic imine (C=N–C) groups is 1. The minimum absolute atomic E-state index is 0.0412. The van der Waals surface area contributed by atoms with Crippen molar-refractivity contribution in [3.8, 4) is 0 Å². The molecule has 3 aromatic rings. The van der Waals surface area contributed by atoms with E-state index >= 15 is 0 Å². The maximum atomic E-state index is 12.9. The van der Waals surface area contributed by atoms with Crippen molar-refractivity contribution in [1.82, 2.24) is 24.6 Å². The van der Waals surface area contributed by atoms with Crippen LogP contribution < -0.4 is 0 Å². The summed E-state index contributed by atoms with van der Waals surface area (Å²) < 4.78 is 7.02. The summed E-state index contributed by atoms with van der Waals surface area (Å²) in [6, 6.07) is 16.7. The zero-order valence-electron chi connectivity index (χ0n) is 20.7. The molecule has 0 bridgehead atoms. The highest BCUT2D eigenvalue weighted by Crippen LogP contribution is 2.25. The van der Waals surface area contributed by atoms with Gasteiger partial charge in [-0.1, -0.05) is 55.5 Å². The number of aryl methyl sites for hydroxylation is 1. The highest BCUT2D eigenvalue weighted by atomic mass is 16.5. The number of carboxylic acid groups (broad SMARTS) is 1. The molecule has 0 spiro atoms. The number of aliphatic carboxylic acids is 1. The minimum Gasteiger partial charge on any atom is -0.480 e. The van der Waals surface area contributed by atoms with E-state index in [1.54, 1.807) is 41.9 Å². The lowest BCUT2D eigenvalue weighted by Crippen LogP contribution is -2.49. The number of likely N-dealkylation sites (N-methyl/N-ethyl adjacent to an activating group) is 1. The summed E-state index contributed by atoms with van der Waals surface area (Å²) in [5, 5.41) is 13.9. The van der Waals surface area contributed by atoms with Gasteiger partial charge in [-0.05, 0) is 11.6 Å². The largest absolute Gasteiger partial charge is 0.480 e. The second-order valence-electron chi connectivity index (χ2n) is 8.70. The predicted octanol–water partition coefficient (Wildman–Crippen LogP) is 2.53. The van der Waals surface area contributed by atoms with Gasteiger partial charge in [0.15, 0.2) is 11.6 Å². The SMILES string of the molecule is CC(c1cccc(C(=O)c2ccccc2)c1)c1nc(/N=C(\N(C)CC(=O)O)N2CCOCC2)n(C)n1. The van der Waals surface area contributed by atoms with Gasteiger partial charge >= 0.3 is 5.97 Å². The Balaban J connectivity index is 1.61. The molecule has 0 aliphatic carbocycles. The fourth-order valence-electron chi connectivity index (χ4n) is 4.05. The zero-order valence-corrected chi connectivity index (χ0v) is 20.7. The van der Waals surface area contributed by atoms with E-state index in [0.717, 1.165) is 5.56 Å². The number of carboxylic acids is 1. The first-order valence-corrected chi connectivity index (χ1v) is 11.8. The summed E-state index contributed by atoms with van der Waals surface area (Å²) in [7, 11) is 3.45. The number of rotatable bonds is 7. The Bertz CT molecular complexity index is 1250. The molecule has 10 nitrogen and oxygen atoms in total. The molecule has 0 saturated carbocycles. The van der Waals surface area contributed by atoms with Crippen LogP contribution in [0, 0.1) is 0 Å². The number of nitrogens with zero attached hydrogens (tertiary/aromatic N) is 6. The number of benzene rings is 2. The summed E-state index contributed by atoms with van der Waals surface area (Å²) in [4.78, 5) is 37.2. The first-order chi connectivity index (χ1) is 17.3. The van der Waals surface area contributed by atoms with Gasteiger partial charge in [0.05, 0.1) is 13.2 Å². The Morgan fingerprint density at radius 1 is 1.11 bits per heavy atom. The molecule has 10 heteroatoms. The van der Waals surface area contributed by atoms with Crippen LogP contribution in [0.3, 0.4) is 0 Å². The molecule has 2 heterocycles. The normalized spacial score (nSPS) is 15.0. The van der Waals surface area contributed by atoms with Crippen molar-refractivity contribution in [3.63, 3.8) is 0 Å². The fourth-order valence-corrected chi connectivity index (χ4v) is 4.05. The average molecular weight is 491 g/mol. The topological polar surface area (TPSA) is 113 Å². The van der Waals surface area contributed by atoms with Crippen LogP contribution in [0.25, 0.3) is 0 Å². The van der Waals surface area contributed by atoms with Gasteiger partial charge in [-0.3, -0.25) is 9.59 Å². The molecular weight excluding hydrogens is 460 g/mol. The van der Waals surface area contributed by atoms with Gasteiger partial charge < -0.3 is 19.6 Å². The molecule has 1 N–H and O–H groups in total. The molecule has 2 aromatic carbocycles. The third-order valence-corrected chi connectivity index (χ3v) is 6.04. The lowest BCUT2D eigenvalue weighted by Gasteiger charge is -2.33. The second-order valence-corrected chi connectivity index (χ2v) is 8.70. The van der Waals surface area contributed by atoms with Crippen molar-refractivity contribution in [3.05, 3.63) is 77.1 Å². The highest BCUT2D eigenvalue weighted by Gasteiger charge is 2.23. The monoisotopic (exact) mass is 490 g/mol. The van der Waals surface area contributed by atoms with Crippen LogP contribution >= 0.6 is 0 Å². The molecule has 36 heavy (non-hydrogen) atoms. The summed E-state index contributed by atoms with van der Waals surface area (Å²) >= 11 is 0. The fraction of sp³-hybridized carbons (Fsp3) is 0.346. The van der Waals surface area contributed by atoms with Crippen LogP contribution in [0.2, 0.25) is 0 Å². The van der Waals surface area contributed by atoms with Gasteiger partial charge in [-0.25, -0.2) is 4.68 Å². The van der Waals surface area contributed by atoms with Crippen LogP contribution in [0.5, 0.6) is 0 Å². The molecule has 0 amide bonds. The number of carbonyl (C=O) groups is 2. The number of morpholine rings is 1. The Hall–Kier alpha value is -4.05. The van der Waals surface area contributed by atoms with E-state index in [4.69, 9.17) is 9.73 Å². The van der Waals surface area contributed by atoms with Crippen LogP contribution in [-0.4, -0.2) is 87.3 Å². The number of carbonyl (C=O) groups excluding carboxylic acids is 1. The molecule has 4 rings (SSSR count). The van der Waals surface area contributed by atoms with Crippen LogP contribution in [0.1, 0.15) is 40.2 Å². The van der Waals surface area contributed by atoms with Crippen molar-refractivity contribution < 1.29 is 19.4 Å². The van der Waals surface area contributed by atoms with Gasteiger partial charge in [0, 0.05) is 44.2 Å². The molecule has 1 aliphatic heterocycles. The molecule has 1 aromatic heterocycles. The standard InChI is InChI=1S/C26H30N6O4/c1-18(20-10-7-11-21(16-20)23(35)19-8-5-4-6-9-19)24-27-25(31(3)29-24)28-26(30(2)17-22(33)34)32-12-14-36-15-13-32/h4-11,16,18H,12-15,17H2,1-3H3,(H,33,34)/b28-26+. The molecule has 1 fully saturated rings. The third-order valence-electron chi connectivity index (χ3n) is 6.04. The quantitative estimate of drug-likeness (QED) is 0.305. The van der Waals surface area contributed by atoms with Gasteiger partial charge in [0.1, 0.15) is 6.54 Å². The molecule has 188 valence electrons. The van der Waals surface area contributed by atoms with E-state index in [1.807, 2.05) is 48.2 Å². The number of ether oxygens (including phenoxy) is 1. The Labute approximate surface area is 209 Å². The Kier molecular flexibility index (Phi) is 7.74. The van der Waals surface area contributed by atoms with Crippen molar-refractivity contribution in [2.75, 3.05) is 39.9 Å². The smallest absolute Gasteiger partial charge is 0.323 e. The highest BCUT2D eigenvalue weighted by molar-refractivity contribution is 6.09. The summed E-state index contributed by atoms with van der Waals surface area (Å²) in [5.74, 6) is 0.254. The van der Waals surface area contributed by atoms with Crippen LogP contribution in [0.15, 0.2) is 59.6 Å². The number of guanidine groups is 1. The zero-order chi connectivity index (χ0) is 25.7. The minimum atomic E-state index is -0.948. The molecule has 0 radical (unpaired) electrons. The maximum Gasteiger partial charge on any atom is 0.323 e. The van der Waals surface area contributed by atoms with E-state index in [1.165, 1.54) is 0 Å². The first-order valence-electron chi connectivity index (χ1n) is 11.8. The molecule has 1 aliphatic rings. The summed E-state index contributed by atoms with van der Waals surface area (Å²) in [5.41, 5.74) is 2.15. The van der Waals surface area contributed by atoms with Crippen LogP contribution in [-0.2, 0) is 16.6 Å². The Morgan fingerprint density at radius 3 is 2.50 bits per heavy atom. The second kappa shape index (κ2) is 11.1. The maximum absolute atomic E-state index is 12.9. The van der Waals surface area contributed by atoms with Gasteiger partial charge in [-0.2, -0.15) is 15.1 Å². The van der Waals surface area contributed by atoms with E-state index in [9.17, 15) is 14.7 Å². The molecule has 1 saturated heterocycles. The summed E-state index contributed by atoms with van der Waals surface area (Å²) in [6.45, 7) is 4.07. The van der Waals surface area contributed by atoms with Crippen molar-refractivity contribution in [2.45, 2.75) is 12.8 Å². The number of hydrogen-bond acceptors (Lipinski definition) is 6. The van der Waals surface area contributed by atoms with E-state index in [0.29, 0.717) is 55.2 Å². The first kappa shape index (κ1) is 25.1. The number of aromatic nitrogens is 3. The lowest BCUT2D eigenvalue weighted by atomic mass is 9.95. The molecular formula is C26H30N6O4. The van der Waals surface area contributed by atoms with E-state index < -0.39 is 5.97 Å². The number of hydrogen-bond donors (Lipinski definition) is 1. The Morgan fingerprint density at radius 2 is 1.81 bits per heavy atom.